The van der Waals surface area contributed by atoms with Gasteiger partial charge in [-0.05, 0) is 31.9 Å². The molecule has 0 amide bonds. The van der Waals surface area contributed by atoms with Gasteiger partial charge in [0.15, 0.2) is 5.16 Å². The van der Waals surface area contributed by atoms with Gasteiger partial charge in [0.25, 0.3) is 0 Å². The number of anilines is 2. The van der Waals surface area contributed by atoms with E-state index in [1.165, 1.54) is 11.8 Å². The minimum Gasteiger partial charge on any atom is -0.393 e. The Morgan fingerprint density at radius 2 is 1.89 bits per heavy atom. The van der Waals surface area contributed by atoms with Crippen LogP contribution in [0.3, 0.4) is 0 Å². The van der Waals surface area contributed by atoms with E-state index in [0.717, 1.165) is 42.5 Å². The zero-order valence-corrected chi connectivity index (χ0v) is 11.6. The summed E-state index contributed by atoms with van der Waals surface area (Å²) in [5.74, 6) is 1.69. The van der Waals surface area contributed by atoms with E-state index in [2.05, 4.69) is 20.6 Å². The first-order valence-electron chi connectivity index (χ1n) is 6.26. The molecule has 0 saturated heterocycles. The quantitative estimate of drug-likeness (QED) is 0.573. The van der Waals surface area contributed by atoms with Crippen LogP contribution in [0, 0.1) is 0 Å². The van der Waals surface area contributed by atoms with Gasteiger partial charge >= 0.3 is 0 Å². The molecule has 1 aromatic heterocycles. The Kier molecular flexibility index (Phi) is 4.66. The van der Waals surface area contributed by atoms with Gasteiger partial charge in [-0.15, -0.1) is 0 Å². The fourth-order valence-corrected chi connectivity index (χ4v) is 2.53. The van der Waals surface area contributed by atoms with E-state index in [1.54, 1.807) is 0 Å². The molecule has 1 saturated carbocycles. The Labute approximate surface area is 112 Å². The molecule has 2 rings (SSSR count). The minimum absolute atomic E-state index is 0.122. The summed E-state index contributed by atoms with van der Waals surface area (Å²) in [6.45, 7) is 0. The average molecular weight is 268 g/mol. The van der Waals surface area contributed by atoms with Crippen LogP contribution in [0.2, 0.25) is 0 Å². The molecule has 1 aliphatic carbocycles. The van der Waals surface area contributed by atoms with Gasteiger partial charge in [0, 0.05) is 19.2 Å². The highest BCUT2D eigenvalue weighted by Gasteiger charge is 2.19. The third-order valence-corrected chi connectivity index (χ3v) is 3.74. The molecular formula is C12H20N4OS. The van der Waals surface area contributed by atoms with Gasteiger partial charge in [0.1, 0.15) is 11.6 Å². The Hall–Kier alpha value is -1.01. The fraction of sp³-hybridized carbons (Fsp3) is 0.667. The molecule has 0 aromatic carbocycles. The molecule has 3 N–H and O–H groups in total. The Bertz CT molecular complexity index is 371. The second kappa shape index (κ2) is 6.24. The van der Waals surface area contributed by atoms with Crippen molar-refractivity contribution in [2.45, 2.75) is 43.0 Å². The maximum Gasteiger partial charge on any atom is 0.191 e. The van der Waals surface area contributed by atoms with Gasteiger partial charge in [0.2, 0.25) is 0 Å². The molecule has 0 atom stereocenters. The second-order valence-electron chi connectivity index (χ2n) is 4.52. The zero-order valence-electron chi connectivity index (χ0n) is 10.8. The molecule has 18 heavy (non-hydrogen) atoms. The number of aliphatic hydroxyl groups is 1. The van der Waals surface area contributed by atoms with E-state index in [-0.39, 0.29) is 6.10 Å². The lowest BCUT2D eigenvalue weighted by Crippen LogP contribution is -2.28. The topological polar surface area (TPSA) is 70.1 Å². The molecular weight excluding hydrogens is 248 g/mol. The predicted octanol–water partition coefficient (Wildman–Crippen LogP) is 1.96. The first-order valence-corrected chi connectivity index (χ1v) is 7.49. The van der Waals surface area contributed by atoms with Crippen molar-refractivity contribution in [1.82, 2.24) is 9.97 Å². The summed E-state index contributed by atoms with van der Waals surface area (Å²) in [4.78, 5) is 8.79. The lowest BCUT2D eigenvalue weighted by Gasteiger charge is -2.26. The molecule has 1 aromatic rings. The first-order chi connectivity index (χ1) is 8.71. The van der Waals surface area contributed by atoms with Crippen molar-refractivity contribution in [2.75, 3.05) is 23.9 Å². The van der Waals surface area contributed by atoms with Crippen LogP contribution in [0.4, 0.5) is 11.6 Å². The molecule has 0 aliphatic heterocycles. The smallest absolute Gasteiger partial charge is 0.191 e. The van der Waals surface area contributed by atoms with Gasteiger partial charge < -0.3 is 15.7 Å². The molecule has 1 aliphatic rings. The molecule has 0 unspecified atom stereocenters. The fourth-order valence-electron chi connectivity index (χ4n) is 2.15. The van der Waals surface area contributed by atoms with Gasteiger partial charge in [-0.25, -0.2) is 9.97 Å². The number of thioether (sulfide) groups is 1. The van der Waals surface area contributed by atoms with Crippen LogP contribution in [-0.2, 0) is 0 Å². The van der Waals surface area contributed by atoms with Crippen LogP contribution in [-0.4, -0.2) is 40.5 Å². The number of aliphatic hydroxyl groups excluding tert-OH is 1. The van der Waals surface area contributed by atoms with E-state index >= 15 is 0 Å². The number of aromatic nitrogens is 2. The molecule has 100 valence electrons. The van der Waals surface area contributed by atoms with Crippen molar-refractivity contribution < 1.29 is 5.11 Å². The van der Waals surface area contributed by atoms with Crippen LogP contribution < -0.4 is 10.6 Å². The summed E-state index contributed by atoms with van der Waals surface area (Å²) in [7, 11) is 1.85. The average Bonchev–Trinajstić information content (AvgIpc) is 2.41. The molecule has 0 spiro atoms. The van der Waals surface area contributed by atoms with E-state index in [4.69, 9.17) is 0 Å². The van der Waals surface area contributed by atoms with E-state index in [1.807, 2.05) is 19.4 Å². The summed E-state index contributed by atoms with van der Waals surface area (Å²) in [6.07, 6.45) is 5.58. The summed E-state index contributed by atoms with van der Waals surface area (Å²) >= 11 is 1.53. The molecule has 1 heterocycles. The summed E-state index contributed by atoms with van der Waals surface area (Å²) in [6, 6.07) is 2.33. The number of hydrogen-bond acceptors (Lipinski definition) is 6. The van der Waals surface area contributed by atoms with Crippen LogP contribution in [0.1, 0.15) is 25.7 Å². The van der Waals surface area contributed by atoms with Crippen molar-refractivity contribution in [1.29, 1.82) is 0 Å². The third-order valence-electron chi connectivity index (χ3n) is 3.19. The predicted molar refractivity (Wildman–Crippen MR) is 75.2 cm³/mol. The molecule has 1 fully saturated rings. The highest BCUT2D eigenvalue weighted by atomic mass is 32.2. The highest BCUT2D eigenvalue weighted by molar-refractivity contribution is 7.98. The van der Waals surface area contributed by atoms with Crippen LogP contribution in [0.25, 0.3) is 0 Å². The van der Waals surface area contributed by atoms with E-state index in [9.17, 15) is 5.11 Å². The minimum atomic E-state index is -0.122. The maximum absolute atomic E-state index is 9.49. The zero-order chi connectivity index (χ0) is 13.0. The van der Waals surface area contributed by atoms with Crippen LogP contribution in [0.15, 0.2) is 11.2 Å². The lowest BCUT2D eigenvalue weighted by atomic mass is 9.93. The number of hydrogen-bond donors (Lipinski definition) is 3. The summed E-state index contributed by atoms with van der Waals surface area (Å²) in [5, 5.41) is 16.7. The number of rotatable bonds is 4. The highest BCUT2D eigenvalue weighted by Crippen LogP contribution is 2.23. The Balaban J connectivity index is 2.03. The lowest BCUT2D eigenvalue weighted by molar-refractivity contribution is 0.126. The SMILES string of the molecule is CNc1cc(NC2CCC(O)CC2)nc(SC)n1. The van der Waals surface area contributed by atoms with Crippen molar-refractivity contribution in [2.24, 2.45) is 0 Å². The first kappa shape index (κ1) is 13.4. The third kappa shape index (κ3) is 3.49. The van der Waals surface area contributed by atoms with Crippen molar-refractivity contribution >= 4 is 23.4 Å². The molecule has 6 heteroatoms. The van der Waals surface area contributed by atoms with E-state index < -0.39 is 0 Å². The van der Waals surface area contributed by atoms with Crippen molar-refractivity contribution in [3.05, 3.63) is 6.07 Å². The Morgan fingerprint density at radius 3 is 2.50 bits per heavy atom. The summed E-state index contributed by atoms with van der Waals surface area (Å²) < 4.78 is 0. The van der Waals surface area contributed by atoms with Crippen molar-refractivity contribution in [3.63, 3.8) is 0 Å². The number of nitrogens with zero attached hydrogens (tertiary/aromatic N) is 2. The molecule has 0 bridgehead atoms. The van der Waals surface area contributed by atoms with Crippen LogP contribution in [0.5, 0.6) is 0 Å². The van der Waals surface area contributed by atoms with Gasteiger partial charge in [-0.1, -0.05) is 11.8 Å². The normalized spacial score (nSPS) is 23.7. The molecule has 0 radical (unpaired) electrons. The van der Waals surface area contributed by atoms with E-state index in [0.29, 0.717) is 6.04 Å². The maximum atomic E-state index is 9.49. The van der Waals surface area contributed by atoms with Crippen molar-refractivity contribution in [3.8, 4) is 0 Å². The second-order valence-corrected chi connectivity index (χ2v) is 5.30. The summed E-state index contributed by atoms with van der Waals surface area (Å²) in [5.41, 5.74) is 0. The van der Waals surface area contributed by atoms with Gasteiger partial charge in [-0.3, -0.25) is 0 Å². The largest absolute Gasteiger partial charge is 0.393 e. The monoisotopic (exact) mass is 268 g/mol. The standard InChI is InChI=1S/C12H20N4OS/c1-13-10-7-11(16-12(15-10)18-2)14-8-3-5-9(17)6-4-8/h7-9,17H,3-6H2,1-2H3,(H2,13,14,15,16). The molecule has 5 nitrogen and oxygen atoms in total. The number of nitrogens with one attached hydrogen (secondary N) is 2. The van der Waals surface area contributed by atoms with Gasteiger partial charge in [0.05, 0.1) is 6.10 Å². The van der Waals surface area contributed by atoms with Crippen LogP contribution >= 0.6 is 11.8 Å². The van der Waals surface area contributed by atoms with Gasteiger partial charge in [-0.2, -0.15) is 0 Å². The Morgan fingerprint density at radius 1 is 1.22 bits per heavy atom.